The van der Waals surface area contributed by atoms with Crippen LogP contribution in [0.2, 0.25) is 0 Å². The summed E-state index contributed by atoms with van der Waals surface area (Å²) in [5.74, 6) is -1.46. The van der Waals surface area contributed by atoms with E-state index in [0.717, 1.165) is 6.08 Å². The van der Waals surface area contributed by atoms with Crippen molar-refractivity contribution in [2.24, 2.45) is 5.92 Å². The maximum Gasteiger partial charge on any atom is 0.328 e. The lowest BCUT2D eigenvalue weighted by Gasteiger charge is -2.09. The van der Waals surface area contributed by atoms with E-state index in [1.165, 1.54) is 0 Å². The third kappa shape index (κ3) is 6.56. The summed E-state index contributed by atoms with van der Waals surface area (Å²) >= 11 is 0. The van der Waals surface area contributed by atoms with Crippen molar-refractivity contribution in [3.05, 3.63) is 42.0 Å². The predicted molar refractivity (Wildman–Crippen MR) is 79.2 cm³/mol. The first-order valence-electron chi connectivity index (χ1n) is 6.62. The molecule has 1 aromatic carbocycles. The van der Waals surface area contributed by atoms with Crippen LogP contribution in [0.25, 0.3) is 0 Å². The first-order chi connectivity index (χ1) is 10.4. The van der Waals surface area contributed by atoms with E-state index in [1.54, 1.807) is 24.3 Å². The van der Waals surface area contributed by atoms with Gasteiger partial charge in [-0.05, 0) is 30.2 Å². The number of nitrogens with one attached hydrogen (secondary N) is 2. The van der Waals surface area contributed by atoms with E-state index in [2.05, 4.69) is 10.9 Å². The van der Waals surface area contributed by atoms with Crippen LogP contribution in [0, 0.1) is 5.92 Å². The Morgan fingerprint density at radius 2 is 1.77 bits per heavy atom. The van der Waals surface area contributed by atoms with Gasteiger partial charge in [0.25, 0.3) is 11.8 Å². The lowest BCUT2D eigenvalue weighted by Crippen LogP contribution is -2.40. The normalized spacial score (nSPS) is 10.5. The molecule has 22 heavy (non-hydrogen) atoms. The predicted octanol–water partition coefficient (Wildman–Crippen LogP) is 1.12. The Labute approximate surface area is 127 Å². The van der Waals surface area contributed by atoms with Crippen LogP contribution in [-0.4, -0.2) is 29.5 Å². The molecule has 0 fully saturated rings. The molecule has 0 unspecified atom stereocenters. The number of ether oxygens (including phenoxy) is 1. The summed E-state index contributed by atoms with van der Waals surface area (Å²) < 4.78 is 5.49. The van der Waals surface area contributed by atoms with Crippen LogP contribution in [-0.2, 0) is 9.59 Å². The van der Waals surface area contributed by atoms with E-state index in [-0.39, 0.29) is 0 Å². The van der Waals surface area contributed by atoms with Crippen LogP contribution in [0.5, 0.6) is 5.75 Å². The molecule has 1 aromatic rings. The first-order valence-corrected chi connectivity index (χ1v) is 6.62. The van der Waals surface area contributed by atoms with Crippen LogP contribution < -0.4 is 15.6 Å². The van der Waals surface area contributed by atoms with Crippen molar-refractivity contribution in [3.63, 3.8) is 0 Å². The number of carbonyl (C=O) groups excluding carboxylic acids is 2. The second-order valence-electron chi connectivity index (χ2n) is 4.84. The summed E-state index contributed by atoms with van der Waals surface area (Å²) in [6, 6.07) is 6.43. The van der Waals surface area contributed by atoms with Gasteiger partial charge in [0.2, 0.25) is 0 Å². The molecular formula is C15H18N2O5. The number of hydrazine groups is 1. The number of aliphatic carboxylic acids is 1. The molecule has 0 atom stereocenters. The van der Waals surface area contributed by atoms with Crippen LogP contribution in [0.1, 0.15) is 24.2 Å². The average Bonchev–Trinajstić information content (AvgIpc) is 2.49. The minimum atomic E-state index is -1.25. The Hall–Kier alpha value is -2.83. The third-order valence-electron chi connectivity index (χ3n) is 2.38. The van der Waals surface area contributed by atoms with E-state index in [1.807, 2.05) is 13.8 Å². The molecule has 1 rings (SSSR count). The highest BCUT2D eigenvalue weighted by atomic mass is 16.5. The quantitative estimate of drug-likeness (QED) is 0.539. The van der Waals surface area contributed by atoms with E-state index in [9.17, 15) is 14.4 Å². The van der Waals surface area contributed by atoms with Crippen LogP contribution in [0.3, 0.4) is 0 Å². The van der Waals surface area contributed by atoms with E-state index in [0.29, 0.717) is 29.9 Å². The number of rotatable bonds is 6. The smallest absolute Gasteiger partial charge is 0.328 e. The first kappa shape index (κ1) is 17.2. The molecule has 0 aliphatic carbocycles. The molecule has 3 N–H and O–H groups in total. The Bertz CT molecular complexity index is 564. The monoisotopic (exact) mass is 306 g/mol. The van der Waals surface area contributed by atoms with Crippen LogP contribution in [0.4, 0.5) is 0 Å². The molecule has 0 aliphatic rings. The minimum Gasteiger partial charge on any atom is -0.493 e. The van der Waals surface area contributed by atoms with Gasteiger partial charge < -0.3 is 9.84 Å². The third-order valence-corrected chi connectivity index (χ3v) is 2.38. The highest BCUT2D eigenvalue weighted by Gasteiger charge is 2.06. The SMILES string of the molecule is CC(C)COc1ccc(C(=O)NNC(=O)C=CC(=O)O)cc1. The standard InChI is InChI=1S/C15H18N2O5/c1-10(2)9-22-12-5-3-11(4-6-12)15(21)17-16-13(18)7-8-14(19)20/h3-8,10H,9H2,1-2H3,(H,16,18)(H,17,21)(H,19,20). The highest BCUT2D eigenvalue weighted by molar-refractivity contribution is 5.98. The number of amides is 2. The van der Waals surface area contributed by atoms with Crippen molar-refractivity contribution in [1.29, 1.82) is 0 Å². The zero-order chi connectivity index (χ0) is 16.5. The van der Waals surface area contributed by atoms with Crippen molar-refractivity contribution < 1.29 is 24.2 Å². The molecule has 2 amide bonds. The summed E-state index contributed by atoms with van der Waals surface area (Å²) in [6.45, 7) is 4.64. The van der Waals surface area contributed by atoms with Gasteiger partial charge >= 0.3 is 5.97 Å². The lowest BCUT2D eigenvalue weighted by atomic mass is 10.2. The Morgan fingerprint density at radius 1 is 1.14 bits per heavy atom. The van der Waals surface area contributed by atoms with E-state index < -0.39 is 17.8 Å². The summed E-state index contributed by atoms with van der Waals surface area (Å²) in [5, 5.41) is 8.36. The minimum absolute atomic E-state index is 0.333. The number of hydrogen-bond acceptors (Lipinski definition) is 4. The molecule has 0 radical (unpaired) electrons. The van der Waals surface area contributed by atoms with Gasteiger partial charge in [-0.25, -0.2) is 4.79 Å². The van der Waals surface area contributed by atoms with Crippen molar-refractivity contribution in [1.82, 2.24) is 10.9 Å². The molecule has 0 saturated heterocycles. The van der Waals surface area contributed by atoms with Gasteiger partial charge in [0.05, 0.1) is 6.61 Å². The van der Waals surface area contributed by atoms with Crippen molar-refractivity contribution in [3.8, 4) is 5.75 Å². The van der Waals surface area contributed by atoms with Crippen LogP contribution in [0.15, 0.2) is 36.4 Å². The fourth-order valence-corrected chi connectivity index (χ4v) is 1.34. The van der Waals surface area contributed by atoms with Gasteiger partial charge in [0.1, 0.15) is 5.75 Å². The number of carboxylic acid groups (broad SMARTS) is 1. The summed E-state index contributed by atoms with van der Waals surface area (Å²) in [7, 11) is 0. The second kappa shape index (κ2) is 8.46. The van der Waals surface area contributed by atoms with Gasteiger partial charge in [-0.2, -0.15) is 0 Å². The maximum atomic E-state index is 11.8. The molecule has 0 aliphatic heterocycles. The summed E-state index contributed by atoms with van der Waals surface area (Å²) in [4.78, 5) is 33.2. The maximum absolute atomic E-state index is 11.8. The number of hydrogen-bond donors (Lipinski definition) is 3. The highest BCUT2D eigenvalue weighted by Crippen LogP contribution is 2.13. The van der Waals surface area contributed by atoms with E-state index >= 15 is 0 Å². The fourth-order valence-electron chi connectivity index (χ4n) is 1.34. The van der Waals surface area contributed by atoms with Gasteiger partial charge in [0.15, 0.2) is 0 Å². The summed E-state index contributed by atoms with van der Waals surface area (Å²) in [5.41, 5.74) is 4.57. The molecule has 118 valence electrons. The molecule has 7 heteroatoms. The van der Waals surface area contributed by atoms with Crippen molar-refractivity contribution >= 4 is 17.8 Å². The Kier molecular flexibility index (Phi) is 6.62. The number of benzene rings is 1. The van der Waals surface area contributed by atoms with Gasteiger partial charge in [0, 0.05) is 17.7 Å². The molecule has 0 saturated carbocycles. The molecule has 0 heterocycles. The zero-order valence-corrected chi connectivity index (χ0v) is 12.3. The molecule has 7 nitrogen and oxygen atoms in total. The Balaban J connectivity index is 2.49. The number of carbonyl (C=O) groups is 3. The fraction of sp³-hybridized carbons (Fsp3) is 0.267. The molecule has 0 bridgehead atoms. The largest absolute Gasteiger partial charge is 0.493 e. The van der Waals surface area contributed by atoms with Gasteiger partial charge in [-0.15, -0.1) is 0 Å². The molecular weight excluding hydrogens is 288 g/mol. The summed E-state index contributed by atoms with van der Waals surface area (Å²) in [6.07, 6.45) is 1.47. The Morgan fingerprint density at radius 3 is 2.32 bits per heavy atom. The average molecular weight is 306 g/mol. The van der Waals surface area contributed by atoms with Crippen LogP contribution >= 0.6 is 0 Å². The van der Waals surface area contributed by atoms with E-state index in [4.69, 9.17) is 9.84 Å². The topological polar surface area (TPSA) is 105 Å². The lowest BCUT2D eigenvalue weighted by molar-refractivity contribution is -0.131. The van der Waals surface area contributed by atoms with Crippen molar-refractivity contribution in [2.45, 2.75) is 13.8 Å². The zero-order valence-electron chi connectivity index (χ0n) is 12.3. The van der Waals surface area contributed by atoms with Gasteiger partial charge in [-0.1, -0.05) is 13.8 Å². The number of carboxylic acids is 1. The van der Waals surface area contributed by atoms with Crippen molar-refractivity contribution in [2.75, 3.05) is 6.61 Å². The molecule has 0 spiro atoms. The molecule has 0 aromatic heterocycles. The van der Waals surface area contributed by atoms with Gasteiger partial charge in [-0.3, -0.25) is 20.4 Å². The second-order valence-corrected chi connectivity index (χ2v) is 4.84.